The highest BCUT2D eigenvalue weighted by Crippen LogP contribution is 2.41. The van der Waals surface area contributed by atoms with Gasteiger partial charge in [0.25, 0.3) is 5.91 Å². The number of carbonyl (C=O) groups is 1. The molecule has 2 aliphatic heterocycles. The molecule has 0 unspecified atom stereocenters. The minimum Gasteiger partial charge on any atom is -0.357 e. The zero-order valence-corrected chi connectivity index (χ0v) is 16.1. The van der Waals surface area contributed by atoms with E-state index in [1.165, 1.54) is 0 Å². The lowest BCUT2D eigenvalue weighted by molar-refractivity contribution is -0.217. The molecule has 2 saturated heterocycles. The van der Waals surface area contributed by atoms with E-state index >= 15 is 0 Å². The quantitative estimate of drug-likeness (QED) is 0.807. The molecule has 0 atom stereocenters. The Bertz CT molecular complexity index is 725. The zero-order chi connectivity index (χ0) is 19.2. The summed E-state index contributed by atoms with van der Waals surface area (Å²) >= 11 is 0. The summed E-state index contributed by atoms with van der Waals surface area (Å²) in [5, 5.41) is 0. The van der Waals surface area contributed by atoms with Gasteiger partial charge in [0.2, 0.25) is 0 Å². The van der Waals surface area contributed by atoms with Gasteiger partial charge < -0.3 is 14.5 Å². The van der Waals surface area contributed by atoms with E-state index in [1.54, 1.807) is 12.1 Å². The largest absolute Gasteiger partial charge is 0.357 e. The minimum atomic E-state index is -0.784. The van der Waals surface area contributed by atoms with Crippen molar-refractivity contribution in [2.45, 2.75) is 63.2 Å². The lowest BCUT2D eigenvalue weighted by Gasteiger charge is -2.52. The minimum absolute atomic E-state index is 0.111. The van der Waals surface area contributed by atoms with Gasteiger partial charge in [-0.3, -0.25) is 4.79 Å². The molecule has 3 fully saturated rings. The molecule has 1 aromatic rings. The second-order valence-corrected chi connectivity index (χ2v) is 8.76. The van der Waals surface area contributed by atoms with E-state index in [0.29, 0.717) is 31.1 Å². The summed E-state index contributed by atoms with van der Waals surface area (Å²) in [6, 6.07) is 4.75. The molecule has 3 aliphatic rings. The lowest BCUT2D eigenvalue weighted by Crippen LogP contribution is -2.65. The monoisotopic (exact) mass is 378 g/mol. The second-order valence-electron chi connectivity index (χ2n) is 8.76. The molecule has 6 heteroatoms. The number of piperidine rings is 1. The summed E-state index contributed by atoms with van der Waals surface area (Å²) in [5.74, 6) is -1.41. The Morgan fingerprint density at radius 2 is 1.89 bits per heavy atom. The summed E-state index contributed by atoms with van der Waals surface area (Å²) in [4.78, 5) is 17.0. The van der Waals surface area contributed by atoms with Gasteiger partial charge in [-0.2, -0.15) is 0 Å². The third-order valence-electron chi connectivity index (χ3n) is 6.19. The molecule has 0 radical (unpaired) electrons. The number of hydrogen-bond acceptors (Lipinski definition) is 3. The van der Waals surface area contributed by atoms with Crippen molar-refractivity contribution in [3.63, 3.8) is 0 Å². The SMILES string of the molecule is CC1(C)OC2(CCN(CCc3cccc(F)c3F)CC2)CN(C2CC2)C1=O. The van der Waals surface area contributed by atoms with Crippen LogP contribution in [0.2, 0.25) is 0 Å². The average molecular weight is 378 g/mol. The number of nitrogens with zero attached hydrogens (tertiary/aromatic N) is 2. The van der Waals surface area contributed by atoms with Crippen LogP contribution >= 0.6 is 0 Å². The summed E-state index contributed by atoms with van der Waals surface area (Å²) in [6.45, 7) is 6.84. The van der Waals surface area contributed by atoms with E-state index in [-0.39, 0.29) is 11.5 Å². The maximum absolute atomic E-state index is 13.8. The number of rotatable bonds is 4. The molecule has 2 heterocycles. The van der Waals surface area contributed by atoms with E-state index < -0.39 is 17.2 Å². The van der Waals surface area contributed by atoms with Crippen LogP contribution in [-0.2, 0) is 16.0 Å². The molecular formula is C21H28F2N2O2. The van der Waals surface area contributed by atoms with E-state index in [0.717, 1.165) is 44.8 Å². The summed E-state index contributed by atoms with van der Waals surface area (Å²) < 4.78 is 33.5. The Morgan fingerprint density at radius 1 is 1.19 bits per heavy atom. The first-order valence-corrected chi connectivity index (χ1v) is 9.96. The lowest BCUT2D eigenvalue weighted by atomic mass is 9.86. The van der Waals surface area contributed by atoms with Gasteiger partial charge in [0, 0.05) is 25.7 Å². The molecule has 1 aliphatic carbocycles. The second kappa shape index (κ2) is 6.82. The smallest absolute Gasteiger partial charge is 0.254 e. The molecule has 27 heavy (non-hydrogen) atoms. The Balaban J connectivity index is 1.36. The van der Waals surface area contributed by atoms with Crippen molar-refractivity contribution in [3.05, 3.63) is 35.4 Å². The number of halogens is 2. The van der Waals surface area contributed by atoms with Crippen molar-refractivity contribution in [2.75, 3.05) is 26.2 Å². The van der Waals surface area contributed by atoms with E-state index in [4.69, 9.17) is 4.74 Å². The molecule has 4 nitrogen and oxygen atoms in total. The van der Waals surface area contributed by atoms with Gasteiger partial charge >= 0.3 is 0 Å². The standard InChI is InChI=1S/C21H28F2N2O2/c1-20(2)19(26)25(16-6-7-16)14-21(27-20)9-12-24(13-10-21)11-8-15-4-3-5-17(22)18(15)23/h3-5,16H,6-14H2,1-2H3. The van der Waals surface area contributed by atoms with Crippen LogP contribution in [0.4, 0.5) is 8.78 Å². The molecule has 1 spiro atoms. The van der Waals surface area contributed by atoms with Crippen molar-refractivity contribution in [2.24, 2.45) is 0 Å². The van der Waals surface area contributed by atoms with Crippen LogP contribution in [0, 0.1) is 11.6 Å². The molecule has 1 saturated carbocycles. The number of carbonyl (C=O) groups excluding carboxylic acids is 1. The number of hydrogen-bond donors (Lipinski definition) is 0. The zero-order valence-electron chi connectivity index (χ0n) is 16.1. The van der Waals surface area contributed by atoms with Crippen LogP contribution in [-0.4, -0.2) is 59.1 Å². The van der Waals surface area contributed by atoms with Crippen LogP contribution in [0.25, 0.3) is 0 Å². The van der Waals surface area contributed by atoms with Gasteiger partial charge in [0.1, 0.15) is 5.60 Å². The highest BCUT2D eigenvalue weighted by atomic mass is 19.2. The van der Waals surface area contributed by atoms with Crippen molar-refractivity contribution in [3.8, 4) is 0 Å². The van der Waals surface area contributed by atoms with Crippen LogP contribution in [0.15, 0.2) is 18.2 Å². The van der Waals surface area contributed by atoms with Crippen molar-refractivity contribution in [1.29, 1.82) is 0 Å². The number of morpholine rings is 1. The number of ether oxygens (including phenoxy) is 1. The number of amides is 1. The fourth-order valence-electron chi connectivity index (χ4n) is 4.49. The predicted octanol–water partition coefficient (Wildman–Crippen LogP) is 3.14. The molecule has 148 valence electrons. The van der Waals surface area contributed by atoms with Gasteiger partial charge in [0.15, 0.2) is 11.6 Å². The van der Waals surface area contributed by atoms with Gasteiger partial charge in [-0.1, -0.05) is 12.1 Å². The first-order chi connectivity index (χ1) is 12.8. The van der Waals surface area contributed by atoms with Crippen LogP contribution < -0.4 is 0 Å². The highest BCUT2D eigenvalue weighted by molar-refractivity contribution is 5.86. The average Bonchev–Trinajstić information content (AvgIpc) is 3.46. The fraction of sp³-hybridized carbons (Fsp3) is 0.667. The van der Waals surface area contributed by atoms with E-state index in [2.05, 4.69) is 4.90 Å². The first-order valence-electron chi connectivity index (χ1n) is 9.96. The highest BCUT2D eigenvalue weighted by Gasteiger charge is 2.53. The molecule has 0 aromatic heterocycles. The normalized spacial score (nSPS) is 25.2. The van der Waals surface area contributed by atoms with Crippen LogP contribution in [0.3, 0.4) is 0 Å². The number of benzene rings is 1. The van der Waals surface area contributed by atoms with Gasteiger partial charge in [-0.25, -0.2) is 8.78 Å². The Kier molecular flexibility index (Phi) is 4.75. The molecular weight excluding hydrogens is 350 g/mol. The van der Waals surface area contributed by atoms with Crippen molar-refractivity contribution in [1.82, 2.24) is 9.80 Å². The first kappa shape index (κ1) is 18.8. The van der Waals surface area contributed by atoms with Crippen LogP contribution in [0.5, 0.6) is 0 Å². The van der Waals surface area contributed by atoms with Gasteiger partial charge in [0.05, 0.1) is 12.1 Å². The molecule has 1 amide bonds. The van der Waals surface area contributed by atoms with Gasteiger partial charge in [-0.15, -0.1) is 0 Å². The predicted molar refractivity (Wildman–Crippen MR) is 98.4 cm³/mol. The third kappa shape index (κ3) is 3.74. The van der Waals surface area contributed by atoms with Crippen molar-refractivity contribution < 1.29 is 18.3 Å². The maximum Gasteiger partial charge on any atom is 0.254 e. The van der Waals surface area contributed by atoms with Crippen molar-refractivity contribution >= 4 is 5.91 Å². The topological polar surface area (TPSA) is 32.8 Å². The molecule has 0 N–H and O–H groups in total. The molecule has 4 rings (SSSR count). The Morgan fingerprint density at radius 3 is 2.56 bits per heavy atom. The van der Waals surface area contributed by atoms with Crippen LogP contribution in [0.1, 0.15) is 45.1 Å². The molecule has 0 bridgehead atoms. The van der Waals surface area contributed by atoms with E-state index in [1.807, 2.05) is 18.7 Å². The summed E-state index contributed by atoms with van der Waals surface area (Å²) in [6.07, 6.45) is 4.42. The van der Waals surface area contributed by atoms with Gasteiger partial charge in [-0.05, 0) is 57.6 Å². The Hall–Kier alpha value is -1.53. The maximum atomic E-state index is 13.8. The Labute approximate surface area is 159 Å². The fourth-order valence-corrected chi connectivity index (χ4v) is 4.49. The third-order valence-corrected chi connectivity index (χ3v) is 6.19. The number of likely N-dealkylation sites (tertiary alicyclic amines) is 1. The van der Waals surface area contributed by atoms with E-state index in [9.17, 15) is 13.6 Å². The molecule has 1 aromatic carbocycles. The summed E-state index contributed by atoms with van der Waals surface area (Å²) in [7, 11) is 0. The summed E-state index contributed by atoms with van der Waals surface area (Å²) in [5.41, 5.74) is -0.621.